The predicted molar refractivity (Wildman–Crippen MR) is 104 cm³/mol. The number of ether oxygens (including phenoxy) is 1. The Morgan fingerprint density at radius 2 is 1.63 bits per heavy atom. The van der Waals surface area contributed by atoms with Gasteiger partial charge < -0.3 is 9.64 Å². The number of carbonyl (C=O) groups excluding carboxylic acids is 1. The highest BCUT2D eigenvalue weighted by molar-refractivity contribution is 7.86. The molecule has 1 unspecified atom stereocenters. The zero-order chi connectivity index (χ0) is 19.6. The van der Waals surface area contributed by atoms with Gasteiger partial charge in [-0.1, -0.05) is 23.2 Å². The van der Waals surface area contributed by atoms with Gasteiger partial charge in [0.05, 0.1) is 5.02 Å². The van der Waals surface area contributed by atoms with E-state index in [2.05, 4.69) is 0 Å². The van der Waals surface area contributed by atoms with E-state index in [-0.39, 0.29) is 5.91 Å². The van der Waals surface area contributed by atoms with Crippen LogP contribution in [0.25, 0.3) is 0 Å². The van der Waals surface area contributed by atoms with Gasteiger partial charge in [0.2, 0.25) is 0 Å². The number of carbonyl (C=O) groups is 1. The number of rotatable bonds is 5. The standard InChI is InChI=1S/C17H23Cl2N3O4S/c1-13(26-16-5-4-14(18)12-15(16)19)17(23)20-8-10-22(11-9-20)27(24,25)21-6-2-3-7-21/h4-5,12-13H,2-3,6-11H2,1H3. The number of hydrogen-bond donors (Lipinski definition) is 0. The second-order valence-electron chi connectivity index (χ2n) is 6.67. The van der Waals surface area contributed by atoms with Crippen molar-refractivity contribution in [3.8, 4) is 5.75 Å². The molecular formula is C17H23Cl2N3O4S. The number of benzene rings is 1. The van der Waals surface area contributed by atoms with Crippen molar-refractivity contribution in [3.05, 3.63) is 28.2 Å². The summed E-state index contributed by atoms with van der Waals surface area (Å²) in [6.45, 7) is 4.07. The average molecular weight is 436 g/mol. The van der Waals surface area contributed by atoms with Gasteiger partial charge in [-0.25, -0.2) is 0 Å². The van der Waals surface area contributed by atoms with Gasteiger partial charge in [-0.15, -0.1) is 0 Å². The fourth-order valence-corrected chi connectivity index (χ4v) is 5.41. The van der Waals surface area contributed by atoms with Crippen molar-refractivity contribution in [2.24, 2.45) is 0 Å². The highest BCUT2D eigenvalue weighted by Crippen LogP contribution is 2.28. The van der Waals surface area contributed by atoms with Crippen LogP contribution >= 0.6 is 23.2 Å². The fourth-order valence-electron chi connectivity index (χ4n) is 3.29. The van der Waals surface area contributed by atoms with Crippen LogP contribution in [0.4, 0.5) is 0 Å². The molecule has 10 heteroatoms. The molecule has 2 aliphatic heterocycles. The van der Waals surface area contributed by atoms with E-state index in [0.717, 1.165) is 12.8 Å². The Bertz CT molecular complexity index is 791. The first-order valence-corrected chi connectivity index (χ1v) is 11.1. The van der Waals surface area contributed by atoms with E-state index in [1.807, 2.05) is 0 Å². The van der Waals surface area contributed by atoms with Crippen molar-refractivity contribution in [3.63, 3.8) is 0 Å². The quantitative estimate of drug-likeness (QED) is 0.710. The van der Waals surface area contributed by atoms with Crippen molar-refractivity contribution >= 4 is 39.3 Å². The first-order chi connectivity index (χ1) is 12.8. The molecule has 0 bridgehead atoms. The molecule has 2 fully saturated rings. The summed E-state index contributed by atoms with van der Waals surface area (Å²) in [5.74, 6) is 0.191. The van der Waals surface area contributed by atoms with Gasteiger partial charge in [-0.3, -0.25) is 4.79 Å². The molecule has 2 aliphatic rings. The monoisotopic (exact) mass is 435 g/mol. The van der Waals surface area contributed by atoms with Crippen LogP contribution < -0.4 is 4.74 Å². The lowest BCUT2D eigenvalue weighted by Gasteiger charge is -2.36. The van der Waals surface area contributed by atoms with E-state index < -0.39 is 16.3 Å². The molecule has 2 saturated heterocycles. The topological polar surface area (TPSA) is 70.2 Å². The molecule has 27 heavy (non-hydrogen) atoms. The van der Waals surface area contributed by atoms with E-state index in [4.69, 9.17) is 27.9 Å². The van der Waals surface area contributed by atoms with Gasteiger partial charge in [0.1, 0.15) is 5.75 Å². The molecule has 1 aromatic carbocycles. The summed E-state index contributed by atoms with van der Waals surface area (Å²) in [6, 6.07) is 4.81. The predicted octanol–water partition coefficient (Wildman–Crippen LogP) is 2.25. The molecule has 1 aromatic rings. The van der Waals surface area contributed by atoms with Crippen LogP contribution in [0.15, 0.2) is 18.2 Å². The third-order valence-corrected chi connectivity index (χ3v) is 7.38. The van der Waals surface area contributed by atoms with Crippen LogP contribution in [0.5, 0.6) is 5.75 Å². The molecule has 0 aromatic heterocycles. The minimum absolute atomic E-state index is 0.195. The Hall–Kier alpha value is -1.06. The maximum atomic E-state index is 12.6. The van der Waals surface area contributed by atoms with Gasteiger partial charge in [0.25, 0.3) is 16.1 Å². The van der Waals surface area contributed by atoms with Crippen LogP contribution in [-0.4, -0.2) is 73.2 Å². The Kier molecular flexibility index (Phi) is 6.53. The Morgan fingerprint density at radius 1 is 1.04 bits per heavy atom. The number of hydrogen-bond acceptors (Lipinski definition) is 4. The molecule has 1 atom stereocenters. The minimum atomic E-state index is -3.42. The van der Waals surface area contributed by atoms with Gasteiger partial charge in [-0.2, -0.15) is 17.0 Å². The van der Waals surface area contributed by atoms with E-state index in [1.165, 1.54) is 8.61 Å². The summed E-state index contributed by atoms with van der Waals surface area (Å²) >= 11 is 11.9. The van der Waals surface area contributed by atoms with E-state index in [0.29, 0.717) is 55.1 Å². The molecule has 3 rings (SSSR count). The number of halogens is 2. The molecule has 0 radical (unpaired) electrons. The third-order valence-electron chi connectivity index (χ3n) is 4.81. The van der Waals surface area contributed by atoms with Gasteiger partial charge in [-0.05, 0) is 38.0 Å². The second-order valence-corrected chi connectivity index (χ2v) is 9.45. The maximum absolute atomic E-state index is 12.6. The summed E-state index contributed by atoms with van der Waals surface area (Å²) in [4.78, 5) is 14.3. The number of nitrogens with zero attached hydrogens (tertiary/aromatic N) is 3. The lowest BCUT2D eigenvalue weighted by atomic mass is 10.2. The molecule has 1 amide bonds. The van der Waals surface area contributed by atoms with Gasteiger partial charge in [0.15, 0.2) is 6.10 Å². The van der Waals surface area contributed by atoms with Gasteiger partial charge in [0, 0.05) is 44.3 Å². The van der Waals surface area contributed by atoms with E-state index in [9.17, 15) is 13.2 Å². The van der Waals surface area contributed by atoms with Crippen molar-refractivity contribution in [1.29, 1.82) is 0 Å². The summed E-state index contributed by atoms with van der Waals surface area (Å²) in [5.41, 5.74) is 0. The van der Waals surface area contributed by atoms with Crippen molar-refractivity contribution < 1.29 is 17.9 Å². The van der Waals surface area contributed by atoms with Crippen molar-refractivity contribution in [2.75, 3.05) is 39.3 Å². The highest BCUT2D eigenvalue weighted by Gasteiger charge is 2.35. The summed E-state index contributed by atoms with van der Waals surface area (Å²) in [7, 11) is -3.42. The largest absolute Gasteiger partial charge is 0.479 e. The maximum Gasteiger partial charge on any atom is 0.282 e. The molecule has 0 aliphatic carbocycles. The van der Waals surface area contributed by atoms with Crippen LogP contribution in [0, 0.1) is 0 Å². The van der Waals surface area contributed by atoms with Crippen LogP contribution in [-0.2, 0) is 15.0 Å². The third kappa shape index (κ3) is 4.68. The Labute approximate surface area is 169 Å². The Balaban J connectivity index is 1.56. The first kappa shape index (κ1) is 20.7. The smallest absolute Gasteiger partial charge is 0.282 e. The zero-order valence-electron chi connectivity index (χ0n) is 15.1. The molecule has 0 saturated carbocycles. The summed E-state index contributed by atoms with van der Waals surface area (Å²) < 4.78 is 33.9. The average Bonchev–Trinajstić information content (AvgIpc) is 3.19. The number of piperazine rings is 1. The minimum Gasteiger partial charge on any atom is -0.479 e. The molecule has 2 heterocycles. The van der Waals surface area contributed by atoms with Crippen LogP contribution in [0.2, 0.25) is 10.0 Å². The van der Waals surface area contributed by atoms with Crippen LogP contribution in [0.3, 0.4) is 0 Å². The fraction of sp³-hybridized carbons (Fsp3) is 0.588. The molecule has 7 nitrogen and oxygen atoms in total. The van der Waals surface area contributed by atoms with Gasteiger partial charge >= 0.3 is 0 Å². The molecular weight excluding hydrogens is 413 g/mol. The Morgan fingerprint density at radius 3 is 2.22 bits per heavy atom. The second kappa shape index (κ2) is 8.53. The molecule has 0 N–H and O–H groups in total. The lowest BCUT2D eigenvalue weighted by Crippen LogP contribution is -2.55. The molecule has 150 valence electrons. The number of amides is 1. The first-order valence-electron chi connectivity index (χ1n) is 8.95. The summed E-state index contributed by atoms with van der Waals surface area (Å²) in [5, 5.41) is 0.824. The highest BCUT2D eigenvalue weighted by atomic mass is 35.5. The van der Waals surface area contributed by atoms with E-state index in [1.54, 1.807) is 30.0 Å². The zero-order valence-corrected chi connectivity index (χ0v) is 17.4. The normalized spacial score (nSPS) is 20.6. The van der Waals surface area contributed by atoms with E-state index >= 15 is 0 Å². The summed E-state index contributed by atoms with van der Waals surface area (Å²) in [6.07, 6.45) is 1.07. The SMILES string of the molecule is CC(Oc1ccc(Cl)cc1Cl)C(=O)N1CCN(S(=O)(=O)N2CCCC2)CC1. The van der Waals surface area contributed by atoms with Crippen molar-refractivity contribution in [1.82, 2.24) is 13.5 Å². The van der Waals surface area contributed by atoms with Crippen molar-refractivity contribution in [2.45, 2.75) is 25.9 Å². The molecule has 0 spiro atoms. The van der Waals surface area contributed by atoms with Crippen LogP contribution in [0.1, 0.15) is 19.8 Å². The lowest BCUT2D eigenvalue weighted by molar-refractivity contribution is -0.139.